The zero-order valence-corrected chi connectivity index (χ0v) is 19.8. The minimum atomic E-state index is -0.555. The van der Waals surface area contributed by atoms with Crippen molar-refractivity contribution in [2.24, 2.45) is 5.18 Å². The van der Waals surface area contributed by atoms with Crippen molar-refractivity contribution >= 4 is 17.6 Å². The van der Waals surface area contributed by atoms with E-state index in [9.17, 15) is 14.5 Å². The van der Waals surface area contributed by atoms with E-state index in [2.05, 4.69) is 10.1 Å². The average Bonchev–Trinajstić information content (AvgIpc) is 3.18. The van der Waals surface area contributed by atoms with Crippen LogP contribution in [0.1, 0.15) is 53.7 Å². The van der Waals surface area contributed by atoms with Crippen LogP contribution in [0.2, 0.25) is 0 Å². The van der Waals surface area contributed by atoms with Gasteiger partial charge in [0.05, 0.1) is 25.4 Å². The van der Waals surface area contributed by atoms with Gasteiger partial charge in [0.15, 0.2) is 11.4 Å². The number of nitroso groups, excluding NO2 is 1. The van der Waals surface area contributed by atoms with Gasteiger partial charge in [-0.25, -0.2) is 4.79 Å². The fraction of sp³-hybridized carbons (Fsp3) is 0.583. The number of benzene rings is 1. The number of fused-ring (bicyclic) bond motifs is 1. The van der Waals surface area contributed by atoms with Crippen LogP contribution in [0.4, 0.5) is 5.69 Å². The first-order chi connectivity index (χ1) is 15.8. The summed E-state index contributed by atoms with van der Waals surface area (Å²) in [5.41, 5.74) is 3.50. The second kappa shape index (κ2) is 11.4. The lowest BCUT2D eigenvalue weighted by molar-refractivity contribution is -0.144. The highest BCUT2D eigenvalue weighted by molar-refractivity contribution is 6.01. The Labute approximate surface area is 194 Å². The van der Waals surface area contributed by atoms with E-state index in [0.717, 1.165) is 29.8 Å². The number of nitrogens with zero attached hydrogens (tertiary/aromatic N) is 2. The quantitative estimate of drug-likeness (QED) is 0.296. The third-order valence-corrected chi connectivity index (χ3v) is 6.15. The summed E-state index contributed by atoms with van der Waals surface area (Å²) in [7, 11) is 1.45. The SMILES string of the molecule is COc1c(C/C=C(\C)CCC(=O)OCCN2CCOC(C)C2)c(C)c2c(c1N=O)C(=O)OC2. The van der Waals surface area contributed by atoms with Crippen molar-refractivity contribution in [1.82, 2.24) is 4.90 Å². The summed E-state index contributed by atoms with van der Waals surface area (Å²) in [6.45, 7) is 9.50. The molecule has 1 saturated heterocycles. The summed E-state index contributed by atoms with van der Waals surface area (Å²) in [5, 5.41) is 3.05. The lowest BCUT2D eigenvalue weighted by Gasteiger charge is -2.30. The van der Waals surface area contributed by atoms with E-state index in [1.807, 2.05) is 26.8 Å². The van der Waals surface area contributed by atoms with Gasteiger partial charge in [-0.2, -0.15) is 0 Å². The maximum atomic E-state index is 12.1. The van der Waals surface area contributed by atoms with E-state index in [-0.39, 0.29) is 29.9 Å². The molecule has 0 saturated carbocycles. The molecule has 1 atom stereocenters. The Morgan fingerprint density at radius 2 is 2.12 bits per heavy atom. The first-order valence-corrected chi connectivity index (χ1v) is 11.2. The van der Waals surface area contributed by atoms with Crippen LogP contribution in [0.15, 0.2) is 16.8 Å². The Hall–Kier alpha value is -2.78. The second-order valence-electron chi connectivity index (χ2n) is 8.46. The topological polar surface area (TPSA) is 104 Å². The van der Waals surface area contributed by atoms with Gasteiger partial charge in [0.1, 0.15) is 13.2 Å². The molecule has 0 N–H and O–H groups in total. The van der Waals surface area contributed by atoms with Gasteiger partial charge in [-0.15, -0.1) is 4.91 Å². The molecule has 180 valence electrons. The molecule has 2 aliphatic rings. The number of carbonyl (C=O) groups is 2. The lowest BCUT2D eigenvalue weighted by atomic mass is 9.93. The number of methoxy groups -OCH3 is 1. The number of rotatable bonds is 10. The zero-order chi connectivity index (χ0) is 24.0. The molecule has 0 aromatic heterocycles. The summed E-state index contributed by atoms with van der Waals surface area (Å²) in [5.74, 6) is -0.486. The summed E-state index contributed by atoms with van der Waals surface area (Å²) in [6.07, 6.45) is 3.55. The average molecular weight is 461 g/mol. The van der Waals surface area contributed by atoms with Gasteiger partial charge in [0, 0.05) is 37.2 Å². The van der Waals surface area contributed by atoms with Gasteiger partial charge < -0.3 is 18.9 Å². The highest BCUT2D eigenvalue weighted by Gasteiger charge is 2.32. The predicted octanol–water partition coefficient (Wildman–Crippen LogP) is 3.60. The van der Waals surface area contributed by atoms with Gasteiger partial charge in [0.25, 0.3) is 0 Å². The number of esters is 2. The normalized spacial score (nSPS) is 18.6. The first kappa shape index (κ1) is 24.9. The van der Waals surface area contributed by atoms with E-state index < -0.39 is 5.97 Å². The van der Waals surface area contributed by atoms with Crippen molar-refractivity contribution in [1.29, 1.82) is 0 Å². The first-order valence-electron chi connectivity index (χ1n) is 11.2. The molecular weight excluding hydrogens is 428 g/mol. The number of allylic oxidation sites excluding steroid dienone is 2. The van der Waals surface area contributed by atoms with Gasteiger partial charge in [-0.3, -0.25) is 9.69 Å². The van der Waals surface area contributed by atoms with Crippen LogP contribution in [0.3, 0.4) is 0 Å². The van der Waals surface area contributed by atoms with Gasteiger partial charge >= 0.3 is 11.9 Å². The van der Waals surface area contributed by atoms with Crippen molar-refractivity contribution in [2.75, 3.05) is 40.0 Å². The van der Waals surface area contributed by atoms with E-state index in [0.29, 0.717) is 50.3 Å². The number of hydrogen-bond donors (Lipinski definition) is 0. The molecule has 1 unspecified atom stereocenters. The molecule has 9 heteroatoms. The standard InChI is InChI=1S/C24H32N2O7/c1-15(6-8-20(27)32-12-10-26-9-11-31-16(2)13-26)5-7-18-17(3)19-14-33-24(28)21(19)22(25-29)23(18)30-4/h5,16H,6-14H2,1-4H3/b15-5+. The number of cyclic esters (lactones) is 1. The van der Waals surface area contributed by atoms with Crippen LogP contribution in [0, 0.1) is 11.8 Å². The molecule has 2 heterocycles. The van der Waals surface area contributed by atoms with Crippen LogP contribution < -0.4 is 4.74 Å². The molecule has 0 aliphatic carbocycles. The van der Waals surface area contributed by atoms with Gasteiger partial charge in [-0.1, -0.05) is 11.6 Å². The smallest absolute Gasteiger partial charge is 0.341 e. The number of carbonyl (C=O) groups excluding carboxylic acids is 2. The van der Waals surface area contributed by atoms with Crippen LogP contribution >= 0.6 is 0 Å². The van der Waals surface area contributed by atoms with Gasteiger partial charge in [-0.05, 0) is 44.4 Å². The van der Waals surface area contributed by atoms with Crippen molar-refractivity contribution in [3.05, 3.63) is 38.8 Å². The molecule has 1 fully saturated rings. The second-order valence-corrected chi connectivity index (χ2v) is 8.46. The van der Waals surface area contributed by atoms with Crippen LogP contribution in [0.25, 0.3) is 0 Å². The Kier molecular flexibility index (Phi) is 8.57. The van der Waals surface area contributed by atoms with E-state index in [1.54, 1.807) is 0 Å². The Bertz CT molecular complexity index is 941. The number of hydrogen-bond acceptors (Lipinski definition) is 9. The number of morpholine rings is 1. The van der Waals surface area contributed by atoms with Crippen molar-refractivity contribution in [3.8, 4) is 5.75 Å². The molecule has 1 aromatic carbocycles. The van der Waals surface area contributed by atoms with Crippen LogP contribution in [-0.2, 0) is 32.0 Å². The summed E-state index contributed by atoms with van der Waals surface area (Å²) in [6, 6.07) is 0. The van der Waals surface area contributed by atoms with E-state index in [4.69, 9.17) is 18.9 Å². The summed E-state index contributed by atoms with van der Waals surface area (Å²) >= 11 is 0. The molecular formula is C24H32N2O7. The molecule has 2 aliphatic heterocycles. The summed E-state index contributed by atoms with van der Waals surface area (Å²) in [4.78, 5) is 37.8. The van der Waals surface area contributed by atoms with Crippen molar-refractivity contribution in [2.45, 2.75) is 52.7 Å². The predicted molar refractivity (Wildman–Crippen MR) is 122 cm³/mol. The molecule has 0 bridgehead atoms. The third kappa shape index (κ3) is 5.97. The van der Waals surface area contributed by atoms with E-state index in [1.165, 1.54) is 7.11 Å². The highest BCUT2D eigenvalue weighted by atomic mass is 16.5. The minimum absolute atomic E-state index is 0.0140. The zero-order valence-electron chi connectivity index (χ0n) is 19.8. The lowest BCUT2D eigenvalue weighted by Crippen LogP contribution is -2.42. The molecule has 3 rings (SSSR count). The van der Waals surface area contributed by atoms with Crippen LogP contribution in [-0.4, -0.2) is 62.9 Å². The van der Waals surface area contributed by atoms with Crippen molar-refractivity contribution in [3.63, 3.8) is 0 Å². The maximum absolute atomic E-state index is 12.1. The highest BCUT2D eigenvalue weighted by Crippen LogP contribution is 2.43. The molecule has 1 aromatic rings. The fourth-order valence-corrected chi connectivity index (χ4v) is 4.23. The molecule has 0 radical (unpaired) electrons. The molecule has 33 heavy (non-hydrogen) atoms. The minimum Gasteiger partial charge on any atom is -0.494 e. The maximum Gasteiger partial charge on any atom is 0.341 e. The summed E-state index contributed by atoms with van der Waals surface area (Å²) < 4.78 is 21.4. The van der Waals surface area contributed by atoms with E-state index >= 15 is 0 Å². The Morgan fingerprint density at radius 1 is 1.33 bits per heavy atom. The van der Waals surface area contributed by atoms with Gasteiger partial charge in [0.2, 0.25) is 0 Å². The third-order valence-electron chi connectivity index (χ3n) is 6.15. The monoisotopic (exact) mass is 460 g/mol. The fourth-order valence-electron chi connectivity index (χ4n) is 4.23. The molecule has 0 spiro atoms. The Morgan fingerprint density at radius 3 is 2.82 bits per heavy atom. The van der Waals surface area contributed by atoms with Crippen molar-refractivity contribution < 1.29 is 28.5 Å². The molecule has 0 amide bonds. The van der Waals surface area contributed by atoms with Crippen LogP contribution in [0.5, 0.6) is 5.75 Å². The Balaban J connectivity index is 1.55. The number of ether oxygens (including phenoxy) is 4. The largest absolute Gasteiger partial charge is 0.494 e. The molecule has 9 nitrogen and oxygen atoms in total.